The molecule has 1 saturated heterocycles. The second kappa shape index (κ2) is 7.42. The first-order chi connectivity index (χ1) is 10.8. The van der Waals surface area contributed by atoms with Crippen molar-refractivity contribution in [3.63, 3.8) is 0 Å². The van der Waals surface area contributed by atoms with Gasteiger partial charge in [0.15, 0.2) is 0 Å². The number of hydrogen-bond acceptors (Lipinski definition) is 4. The first-order valence-electron chi connectivity index (χ1n) is 7.72. The van der Waals surface area contributed by atoms with Crippen LogP contribution < -0.4 is 5.32 Å². The first kappa shape index (κ1) is 17.9. The number of ether oxygens (including phenoxy) is 1. The Hall–Kier alpha value is -1.44. The van der Waals surface area contributed by atoms with Gasteiger partial charge in [-0.25, -0.2) is 8.42 Å². The van der Waals surface area contributed by atoms with Gasteiger partial charge in [0.25, 0.3) is 0 Å². The summed E-state index contributed by atoms with van der Waals surface area (Å²) in [5.41, 5.74) is 1.93. The lowest BCUT2D eigenvalue weighted by molar-refractivity contribution is -0.121. The molecular formula is C16H24N2O4S. The highest BCUT2D eigenvalue weighted by atomic mass is 32.2. The van der Waals surface area contributed by atoms with Gasteiger partial charge in [-0.1, -0.05) is 6.07 Å². The Labute approximate surface area is 137 Å². The molecule has 128 valence electrons. The second-order valence-electron chi connectivity index (χ2n) is 5.95. The smallest absolute Gasteiger partial charge is 0.243 e. The molecule has 0 radical (unpaired) electrons. The van der Waals surface area contributed by atoms with Crippen molar-refractivity contribution in [1.82, 2.24) is 9.62 Å². The average Bonchev–Trinajstić information content (AvgIpc) is 3.01. The number of aryl methyl sites for hydroxylation is 2. The van der Waals surface area contributed by atoms with Crippen LogP contribution in [0.2, 0.25) is 0 Å². The van der Waals surface area contributed by atoms with Crippen molar-refractivity contribution in [3.8, 4) is 0 Å². The van der Waals surface area contributed by atoms with E-state index in [2.05, 4.69) is 5.32 Å². The average molecular weight is 340 g/mol. The molecule has 1 heterocycles. The molecule has 0 aliphatic carbocycles. The van der Waals surface area contributed by atoms with Crippen LogP contribution in [0, 0.1) is 13.8 Å². The van der Waals surface area contributed by atoms with Crippen LogP contribution in [0.4, 0.5) is 0 Å². The lowest BCUT2D eigenvalue weighted by atomic mass is 10.1. The first-order valence-corrected chi connectivity index (χ1v) is 9.16. The Morgan fingerprint density at radius 1 is 1.35 bits per heavy atom. The zero-order valence-corrected chi connectivity index (χ0v) is 14.6. The predicted octanol–water partition coefficient (Wildman–Crippen LogP) is 1.22. The number of nitrogens with zero attached hydrogens (tertiary/aromatic N) is 1. The van der Waals surface area contributed by atoms with Crippen LogP contribution in [0.5, 0.6) is 0 Å². The standard InChI is InChI=1S/C16H24N2O4S/c1-12-6-7-15(9-13(12)2)23(20,21)18(3)11-16(19)17-10-14-5-4-8-22-14/h6-7,9,14H,4-5,8,10-11H2,1-3H3,(H,17,19). The molecule has 1 unspecified atom stereocenters. The topological polar surface area (TPSA) is 75.7 Å². The maximum atomic E-state index is 12.5. The minimum absolute atomic E-state index is 0.0422. The predicted molar refractivity (Wildman–Crippen MR) is 87.7 cm³/mol. The summed E-state index contributed by atoms with van der Waals surface area (Å²) in [6.45, 7) is 4.73. The van der Waals surface area contributed by atoms with Gasteiger partial charge in [0.05, 0.1) is 17.5 Å². The fourth-order valence-electron chi connectivity index (χ4n) is 2.43. The molecule has 1 aromatic rings. The highest BCUT2D eigenvalue weighted by Gasteiger charge is 2.24. The number of amides is 1. The number of likely N-dealkylation sites (N-methyl/N-ethyl adjacent to an activating group) is 1. The molecule has 1 aromatic carbocycles. The molecule has 1 amide bonds. The van der Waals surface area contributed by atoms with E-state index < -0.39 is 10.0 Å². The van der Waals surface area contributed by atoms with Crippen molar-refractivity contribution >= 4 is 15.9 Å². The lowest BCUT2D eigenvalue weighted by Crippen LogP contribution is -2.40. The molecule has 0 saturated carbocycles. The van der Waals surface area contributed by atoms with Crippen molar-refractivity contribution in [3.05, 3.63) is 29.3 Å². The summed E-state index contributed by atoms with van der Waals surface area (Å²) >= 11 is 0. The van der Waals surface area contributed by atoms with Crippen LogP contribution in [0.3, 0.4) is 0 Å². The van der Waals surface area contributed by atoms with Gasteiger partial charge in [0.2, 0.25) is 15.9 Å². The number of nitrogens with one attached hydrogen (secondary N) is 1. The molecule has 6 nitrogen and oxygen atoms in total. The minimum Gasteiger partial charge on any atom is -0.376 e. The molecule has 23 heavy (non-hydrogen) atoms. The number of carbonyl (C=O) groups is 1. The Bertz CT molecular complexity index is 667. The molecule has 1 N–H and O–H groups in total. The minimum atomic E-state index is -3.67. The van der Waals surface area contributed by atoms with E-state index in [9.17, 15) is 13.2 Å². The fourth-order valence-corrected chi connectivity index (χ4v) is 3.64. The molecule has 0 spiro atoms. The number of sulfonamides is 1. The van der Waals surface area contributed by atoms with E-state index in [0.717, 1.165) is 34.9 Å². The van der Waals surface area contributed by atoms with Gasteiger partial charge in [0.1, 0.15) is 0 Å². The van der Waals surface area contributed by atoms with Crippen LogP contribution in [0.1, 0.15) is 24.0 Å². The summed E-state index contributed by atoms with van der Waals surface area (Å²) in [6.07, 6.45) is 1.97. The van der Waals surface area contributed by atoms with E-state index in [-0.39, 0.29) is 23.5 Å². The number of hydrogen-bond donors (Lipinski definition) is 1. The van der Waals surface area contributed by atoms with Gasteiger partial charge in [-0.05, 0) is 49.9 Å². The van der Waals surface area contributed by atoms with E-state index in [1.807, 2.05) is 13.8 Å². The third-order valence-electron chi connectivity index (χ3n) is 4.10. The van der Waals surface area contributed by atoms with Gasteiger partial charge < -0.3 is 10.1 Å². The van der Waals surface area contributed by atoms with E-state index in [4.69, 9.17) is 4.74 Å². The summed E-state index contributed by atoms with van der Waals surface area (Å²) in [5, 5.41) is 2.73. The Morgan fingerprint density at radius 2 is 2.09 bits per heavy atom. The van der Waals surface area contributed by atoms with Gasteiger partial charge in [-0.15, -0.1) is 0 Å². The molecule has 0 aromatic heterocycles. The summed E-state index contributed by atoms with van der Waals surface area (Å²) in [7, 11) is -2.26. The van der Waals surface area contributed by atoms with E-state index in [1.165, 1.54) is 7.05 Å². The summed E-state index contributed by atoms with van der Waals surface area (Å²) < 4.78 is 31.5. The van der Waals surface area contributed by atoms with Crippen LogP contribution in [-0.2, 0) is 19.6 Å². The summed E-state index contributed by atoms with van der Waals surface area (Å²) in [5.74, 6) is -0.324. The maximum absolute atomic E-state index is 12.5. The van der Waals surface area contributed by atoms with Crippen molar-refractivity contribution in [1.29, 1.82) is 0 Å². The number of carbonyl (C=O) groups excluding carboxylic acids is 1. The van der Waals surface area contributed by atoms with Crippen LogP contribution in [-0.4, -0.2) is 51.5 Å². The van der Waals surface area contributed by atoms with Crippen LogP contribution in [0.15, 0.2) is 23.1 Å². The van der Waals surface area contributed by atoms with Crippen molar-refractivity contribution < 1.29 is 17.9 Å². The number of benzene rings is 1. The highest BCUT2D eigenvalue weighted by Crippen LogP contribution is 2.18. The van der Waals surface area contributed by atoms with Gasteiger partial charge >= 0.3 is 0 Å². The molecule has 7 heteroatoms. The van der Waals surface area contributed by atoms with Crippen molar-refractivity contribution in [2.75, 3.05) is 26.7 Å². The molecule has 1 fully saturated rings. The molecule has 0 bridgehead atoms. The molecule has 2 rings (SSSR count). The molecular weight excluding hydrogens is 316 g/mol. The third kappa shape index (κ3) is 4.53. The Balaban J connectivity index is 1.95. The zero-order chi connectivity index (χ0) is 17.0. The normalized spacial score (nSPS) is 18.3. The number of rotatable bonds is 6. The van der Waals surface area contributed by atoms with Crippen LogP contribution >= 0.6 is 0 Å². The largest absolute Gasteiger partial charge is 0.376 e. The quantitative estimate of drug-likeness (QED) is 0.845. The lowest BCUT2D eigenvalue weighted by Gasteiger charge is -2.18. The van der Waals surface area contributed by atoms with Gasteiger partial charge in [-0.3, -0.25) is 4.79 Å². The van der Waals surface area contributed by atoms with Gasteiger partial charge in [-0.2, -0.15) is 4.31 Å². The fraction of sp³-hybridized carbons (Fsp3) is 0.562. The third-order valence-corrected chi connectivity index (χ3v) is 5.90. The second-order valence-corrected chi connectivity index (χ2v) is 7.99. The maximum Gasteiger partial charge on any atom is 0.243 e. The Kier molecular flexibility index (Phi) is 5.78. The SMILES string of the molecule is Cc1ccc(S(=O)(=O)N(C)CC(=O)NCC2CCCO2)cc1C. The van der Waals surface area contributed by atoms with Crippen LogP contribution in [0.25, 0.3) is 0 Å². The van der Waals surface area contributed by atoms with Crippen molar-refractivity contribution in [2.45, 2.75) is 37.7 Å². The summed E-state index contributed by atoms with van der Waals surface area (Å²) in [6, 6.07) is 4.97. The van der Waals surface area contributed by atoms with Crippen molar-refractivity contribution in [2.24, 2.45) is 0 Å². The highest BCUT2D eigenvalue weighted by molar-refractivity contribution is 7.89. The van der Waals surface area contributed by atoms with E-state index >= 15 is 0 Å². The van der Waals surface area contributed by atoms with E-state index in [1.54, 1.807) is 18.2 Å². The molecule has 1 atom stereocenters. The van der Waals surface area contributed by atoms with E-state index in [0.29, 0.717) is 6.54 Å². The van der Waals surface area contributed by atoms with Gasteiger partial charge in [0, 0.05) is 20.2 Å². The Morgan fingerprint density at radius 3 is 2.70 bits per heavy atom. The molecule has 1 aliphatic heterocycles. The zero-order valence-electron chi connectivity index (χ0n) is 13.8. The summed E-state index contributed by atoms with van der Waals surface area (Å²) in [4.78, 5) is 12.1. The molecule has 1 aliphatic rings. The monoisotopic (exact) mass is 340 g/mol.